The Balaban J connectivity index is 2.30. The number of aliphatic hydroxyl groups is 2. The largest absolute Gasteiger partial charge is 0.380 e. The number of carbonyl (C=O) groups excluding carboxylic acids is 1. The molecule has 2 atom stereocenters. The van der Waals surface area contributed by atoms with E-state index in [-0.39, 0.29) is 5.71 Å². The van der Waals surface area contributed by atoms with Crippen LogP contribution in [0.5, 0.6) is 0 Å². The van der Waals surface area contributed by atoms with Gasteiger partial charge in [0, 0.05) is 0 Å². The highest BCUT2D eigenvalue weighted by molar-refractivity contribution is 7.87. The summed E-state index contributed by atoms with van der Waals surface area (Å²) in [6.45, 7) is 0. The number of Topliss-reactive ketones (excluding diaryl/α,β-unsaturated/α-hetero) is 1. The Morgan fingerprint density at radius 2 is 1.86 bits per heavy atom. The van der Waals surface area contributed by atoms with Crippen LogP contribution in [0.2, 0.25) is 0 Å². The number of para-hydroxylation sites is 1. The van der Waals surface area contributed by atoms with Crippen LogP contribution in [0.3, 0.4) is 0 Å². The third-order valence-electron chi connectivity index (χ3n) is 2.87. The molecule has 1 aromatic rings. The number of hydrogen-bond donors (Lipinski definition) is 4. The Kier molecular flexibility index (Phi) is 3.92. The van der Waals surface area contributed by atoms with E-state index in [0.29, 0.717) is 11.8 Å². The van der Waals surface area contributed by atoms with Crippen LogP contribution in [0.4, 0.5) is 5.69 Å². The van der Waals surface area contributed by atoms with Crippen molar-refractivity contribution in [3.63, 3.8) is 0 Å². The second kappa shape index (κ2) is 5.37. The van der Waals surface area contributed by atoms with E-state index >= 15 is 0 Å². The molecular formula is C12H12N2O6S. The highest BCUT2D eigenvalue weighted by Gasteiger charge is 2.52. The van der Waals surface area contributed by atoms with Gasteiger partial charge in [0.05, 0.1) is 5.69 Å². The summed E-state index contributed by atoms with van der Waals surface area (Å²) in [6, 6.07) is 8.58. The number of benzene rings is 1. The Morgan fingerprint density at radius 1 is 1.24 bits per heavy atom. The average Bonchev–Trinajstić information content (AvgIpc) is 2.44. The van der Waals surface area contributed by atoms with Crippen LogP contribution in [0.1, 0.15) is 0 Å². The van der Waals surface area contributed by atoms with Crippen LogP contribution in [0.25, 0.3) is 0 Å². The van der Waals surface area contributed by atoms with Gasteiger partial charge in [-0.05, 0) is 24.3 Å². The molecular weight excluding hydrogens is 300 g/mol. The van der Waals surface area contributed by atoms with E-state index < -0.39 is 26.9 Å². The molecule has 0 saturated heterocycles. The van der Waals surface area contributed by atoms with Gasteiger partial charge in [0.15, 0.2) is 6.10 Å². The third-order valence-corrected chi connectivity index (χ3v) is 4.05. The van der Waals surface area contributed by atoms with E-state index in [1.165, 1.54) is 0 Å². The zero-order valence-electron chi connectivity index (χ0n) is 10.5. The molecule has 0 amide bonds. The van der Waals surface area contributed by atoms with E-state index in [1.54, 1.807) is 30.3 Å². The number of rotatable bonds is 3. The minimum absolute atomic E-state index is 0.292. The lowest BCUT2D eigenvalue weighted by molar-refractivity contribution is -0.126. The number of nitrogens with zero attached hydrogens (tertiary/aromatic N) is 1. The summed E-state index contributed by atoms with van der Waals surface area (Å²) in [4.78, 5) is 8.73. The summed E-state index contributed by atoms with van der Waals surface area (Å²) >= 11 is 0. The van der Waals surface area contributed by atoms with Crippen LogP contribution < -0.4 is 5.43 Å². The molecule has 2 unspecified atom stereocenters. The first-order chi connectivity index (χ1) is 9.75. The predicted molar refractivity (Wildman–Crippen MR) is 74.2 cm³/mol. The number of carbonyl (C=O) groups is 1. The normalized spacial score (nSPS) is 27.9. The molecule has 0 bridgehead atoms. The maximum absolute atomic E-state index is 11.8. The Morgan fingerprint density at radius 3 is 2.43 bits per heavy atom. The van der Waals surface area contributed by atoms with Gasteiger partial charge in [0.25, 0.3) is 0 Å². The van der Waals surface area contributed by atoms with Gasteiger partial charge in [-0.2, -0.15) is 13.5 Å². The van der Waals surface area contributed by atoms with Crippen LogP contribution in [0, 0.1) is 0 Å². The van der Waals surface area contributed by atoms with Crippen LogP contribution in [0.15, 0.2) is 47.6 Å². The molecule has 0 aromatic heterocycles. The highest BCUT2D eigenvalue weighted by atomic mass is 32.2. The van der Waals surface area contributed by atoms with Gasteiger partial charge in [-0.3, -0.25) is 14.8 Å². The Bertz CT molecular complexity index is 713. The minimum Gasteiger partial charge on any atom is -0.380 e. The second-order valence-electron chi connectivity index (χ2n) is 4.30. The smallest absolute Gasteiger partial charge is 0.302 e. The van der Waals surface area contributed by atoms with Crippen molar-refractivity contribution in [1.82, 2.24) is 0 Å². The van der Waals surface area contributed by atoms with Crippen molar-refractivity contribution in [3.05, 3.63) is 42.5 Å². The summed E-state index contributed by atoms with van der Waals surface area (Å²) in [6.07, 6.45) is -0.868. The van der Waals surface area contributed by atoms with Gasteiger partial charge in [0.2, 0.25) is 10.7 Å². The molecule has 2 rings (SSSR count). The molecule has 0 saturated carbocycles. The molecule has 1 aromatic carbocycles. The van der Waals surface area contributed by atoms with Crippen molar-refractivity contribution in [2.45, 2.75) is 11.0 Å². The molecule has 0 spiro atoms. The number of hydrogen-bond acceptors (Lipinski definition) is 7. The lowest BCUT2D eigenvalue weighted by Crippen LogP contribution is -2.55. The highest BCUT2D eigenvalue weighted by Crippen LogP contribution is 2.24. The molecule has 9 heteroatoms. The molecule has 1 aliphatic carbocycles. The lowest BCUT2D eigenvalue weighted by atomic mass is 9.98. The molecule has 112 valence electrons. The fraction of sp³-hybridized carbons (Fsp3) is 0.167. The number of nitrogens with one attached hydrogen (secondary N) is 1. The van der Waals surface area contributed by atoms with Gasteiger partial charge in [-0.1, -0.05) is 18.2 Å². The zero-order chi connectivity index (χ0) is 15.7. The van der Waals surface area contributed by atoms with E-state index in [1.807, 2.05) is 0 Å². The Labute approximate surface area is 120 Å². The topological polar surface area (TPSA) is 136 Å². The van der Waals surface area contributed by atoms with Crippen molar-refractivity contribution in [3.8, 4) is 0 Å². The monoisotopic (exact) mass is 312 g/mol. The standard InChI is InChI=1S/C12H12N2O6S/c15-10-9(14-13-8-4-2-1-3-5-8)6-7-12(17,11(10)16)21(18,19)20/h1-7,11,13,16-17H,(H,18,19,20)/b14-9+. The Hall–Kier alpha value is -2.07. The fourth-order valence-corrected chi connectivity index (χ4v) is 2.29. The molecule has 4 N–H and O–H groups in total. The van der Waals surface area contributed by atoms with Crippen molar-refractivity contribution in [2.75, 3.05) is 5.43 Å². The van der Waals surface area contributed by atoms with Crippen molar-refractivity contribution in [2.24, 2.45) is 5.10 Å². The van der Waals surface area contributed by atoms with E-state index in [0.717, 1.165) is 6.08 Å². The van der Waals surface area contributed by atoms with Gasteiger partial charge in [0.1, 0.15) is 5.71 Å². The number of allylic oxidation sites excluding steroid dienone is 1. The van der Waals surface area contributed by atoms with Crippen molar-refractivity contribution < 1.29 is 28.0 Å². The SMILES string of the molecule is O=C1/C(=N/Nc2ccccc2)C=CC(O)(S(=O)(=O)O)C1O. The van der Waals surface area contributed by atoms with Gasteiger partial charge >= 0.3 is 10.1 Å². The number of anilines is 1. The number of hydrazone groups is 1. The first kappa shape index (κ1) is 15.3. The maximum atomic E-state index is 11.8. The fourth-order valence-electron chi connectivity index (χ4n) is 1.66. The number of aliphatic hydroxyl groups excluding tert-OH is 1. The predicted octanol–water partition coefficient (Wildman–Crippen LogP) is -0.469. The quantitative estimate of drug-likeness (QED) is 0.437. The zero-order valence-corrected chi connectivity index (χ0v) is 11.4. The van der Waals surface area contributed by atoms with E-state index in [9.17, 15) is 23.4 Å². The van der Waals surface area contributed by atoms with Gasteiger partial charge < -0.3 is 10.2 Å². The second-order valence-corrected chi connectivity index (χ2v) is 5.91. The average molecular weight is 312 g/mol. The van der Waals surface area contributed by atoms with Gasteiger partial charge in [-0.15, -0.1) is 0 Å². The minimum atomic E-state index is -5.08. The first-order valence-electron chi connectivity index (χ1n) is 5.75. The summed E-state index contributed by atoms with van der Waals surface area (Å²) in [5.74, 6) is -1.14. The molecule has 1 aliphatic rings. The van der Waals surface area contributed by atoms with E-state index in [4.69, 9.17) is 4.55 Å². The van der Waals surface area contributed by atoms with Crippen molar-refractivity contribution in [1.29, 1.82) is 0 Å². The third kappa shape index (κ3) is 2.85. The lowest BCUT2D eigenvalue weighted by Gasteiger charge is -2.28. The maximum Gasteiger partial charge on any atom is 0.302 e. The molecule has 0 fully saturated rings. The first-order valence-corrected chi connectivity index (χ1v) is 7.19. The summed E-state index contributed by atoms with van der Waals surface area (Å²) < 4.78 is 31.0. The van der Waals surface area contributed by atoms with Crippen molar-refractivity contribution >= 4 is 27.3 Å². The molecule has 8 nitrogen and oxygen atoms in total. The number of ketones is 1. The van der Waals surface area contributed by atoms with Gasteiger partial charge in [-0.25, -0.2) is 0 Å². The summed E-state index contributed by atoms with van der Waals surface area (Å²) in [7, 11) is -5.08. The molecule has 0 heterocycles. The summed E-state index contributed by atoms with van der Waals surface area (Å²) in [5, 5.41) is 23.0. The van der Waals surface area contributed by atoms with E-state index in [2.05, 4.69) is 10.5 Å². The molecule has 0 radical (unpaired) electrons. The molecule has 21 heavy (non-hydrogen) atoms. The van der Waals surface area contributed by atoms with Crippen LogP contribution in [-0.2, 0) is 14.9 Å². The molecule has 0 aliphatic heterocycles. The van der Waals surface area contributed by atoms with Crippen LogP contribution in [-0.4, -0.2) is 45.7 Å². The summed E-state index contributed by atoms with van der Waals surface area (Å²) in [5.41, 5.74) is 2.82. The van der Waals surface area contributed by atoms with Crippen LogP contribution >= 0.6 is 0 Å².